The molecule has 1 amide bonds. The largest absolute Gasteiger partial charge is 0.508 e. The number of nitrogens with one attached hydrogen (secondary N) is 1. The van der Waals surface area contributed by atoms with Gasteiger partial charge in [0.05, 0.1) is 11.6 Å². The highest BCUT2D eigenvalue weighted by Crippen LogP contribution is 2.52. The molecule has 4 aliphatic carbocycles. The highest BCUT2D eigenvalue weighted by molar-refractivity contribution is 6.24. The minimum absolute atomic E-state index is 0.0803. The molecule has 10 heteroatoms. The molecule has 1 aromatic carbocycles. The van der Waals surface area contributed by atoms with Crippen LogP contribution < -0.4 is 11.1 Å². The lowest BCUT2D eigenvalue weighted by Gasteiger charge is -2.50. The van der Waals surface area contributed by atoms with Gasteiger partial charge in [-0.15, -0.1) is 0 Å². The van der Waals surface area contributed by atoms with E-state index in [-0.39, 0.29) is 23.3 Å². The number of hydrogen-bond acceptors (Lipinski definition) is 9. The van der Waals surface area contributed by atoms with E-state index in [1.165, 1.54) is 23.8 Å². The Hall–Kier alpha value is -3.21. The molecule has 0 heterocycles. The first kappa shape index (κ1) is 25.4. The fourth-order valence-corrected chi connectivity index (χ4v) is 6.86. The fourth-order valence-electron chi connectivity index (χ4n) is 6.86. The number of benzene rings is 1. The molecule has 4 atom stereocenters. The second kappa shape index (κ2) is 8.97. The number of aliphatic hydroxyl groups is 3. The minimum Gasteiger partial charge on any atom is -0.508 e. The normalized spacial score (nSPS) is 30.0. The van der Waals surface area contributed by atoms with Crippen LogP contribution in [0.4, 0.5) is 0 Å². The standard InChI is InChI=1S/C27H33N3O7/c1-30(2)21-16-10-13-9-15-12(11-29-14-5-3-4-6-14)7-8-17(31)19(15)22(32)18(13)24(34)27(16,37)25(35)20(23(21)33)26(28)36/h7-8,13-14,16,21,29,31-32,35,37H,3-6,9-11H2,1-2H3,(H2,28,36)/t13-,16-,21-,27-/m0/s1. The molecule has 10 nitrogen and oxygen atoms in total. The van der Waals surface area contributed by atoms with Crippen LogP contribution in [-0.4, -0.2) is 74.6 Å². The van der Waals surface area contributed by atoms with E-state index in [2.05, 4.69) is 5.32 Å². The number of carbonyl (C=O) groups is 3. The number of aliphatic hydroxyl groups excluding tert-OH is 2. The molecule has 4 aliphatic rings. The maximum absolute atomic E-state index is 13.8. The molecule has 37 heavy (non-hydrogen) atoms. The quantitative estimate of drug-likeness (QED) is 0.315. The number of rotatable bonds is 5. The Morgan fingerprint density at radius 1 is 1.16 bits per heavy atom. The average Bonchev–Trinajstić information content (AvgIpc) is 3.34. The summed E-state index contributed by atoms with van der Waals surface area (Å²) in [6.07, 6.45) is 4.92. The number of phenols is 1. The molecule has 2 saturated carbocycles. The van der Waals surface area contributed by atoms with Gasteiger partial charge in [0, 0.05) is 24.1 Å². The van der Waals surface area contributed by atoms with Gasteiger partial charge in [0.15, 0.2) is 11.4 Å². The van der Waals surface area contributed by atoms with E-state index in [0.29, 0.717) is 24.6 Å². The van der Waals surface area contributed by atoms with Gasteiger partial charge in [0.25, 0.3) is 5.91 Å². The van der Waals surface area contributed by atoms with Crippen LogP contribution in [0.1, 0.15) is 48.8 Å². The maximum atomic E-state index is 13.8. The second-order valence-electron chi connectivity index (χ2n) is 10.9. The van der Waals surface area contributed by atoms with Crippen LogP contribution in [0.5, 0.6) is 5.75 Å². The number of likely N-dealkylation sites (N-methyl/N-ethyl adjacent to an activating group) is 1. The molecule has 0 unspecified atom stereocenters. The summed E-state index contributed by atoms with van der Waals surface area (Å²) >= 11 is 0. The molecule has 7 N–H and O–H groups in total. The molecule has 2 fully saturated rings. The number of amides is 1. The minimum atomic E-state index is -2.62. The number of ketones is 2. The van der Waals surface area contributed by atoms with E-state index in [1.807, 2.05) is 0 Å². The van der Waals surface area contributed by atoms with E-state index in [0.717, 1.165) is 18.4 Å². The monoisotopic (exact) mass is 511 g/mol. The van der Waals surface area contributed by atoms with E-state index >= 15 is 0 Å². The third kappa shape index (κ3) is 3.69. The number of primary amides is 1. The Labute approximate surface area is 214 Å². The van der Waals surface area contributed by atoms with Gasteiger partial charge in [-0.3, -0.25) is 19.3 Å². The molecular weight excluding hydrogens is 478 g/mol. The predicted octanol–water partition coefficient (Wildman–Crippen LogP) is 0.996. The van der Waals surface area contributed by atoms with Crippen LogP contribution in [0.15, 0.2) is 29.0 Å². The van der Waals surface area contributed by atoms with Crippen molar-refractivity contribution >= 4 is 23.2 Å². The summed E-state index contributed by atoms with van der Waals surface area (Å²) in [4.78, 5) is 40.6. The molecule has 0 bridgehead atoms. The number of nitrogens with two attached hydrogens (primary N) is 1. The van der Waals surface area contributed by atoms with Crippen molar-refractivity contribution in [3.8, 4) is 5.75 Å². The summed E-state index contributed by atoms with van der Waals surface area (Å²) in [6, 6.07) is 2.58. The van der Waals surface area contributed by atoms with Crippen LogP contribution in [0.25, 0.3) is 5.76 Å². The van der Waals surface area contributed by atoms with Crippen LogP contribution in [0, 0.1) is 11.8 Å². The lowest BCUT2D eigenvalue weighted by atomic mass is 9.57. The molecule has 198 valence electrons. The Morgan fingerprint density at radius 2 is 1.84 bits per heavy atom. The van der Waals surface area contributed by atoms with E-state index in [1.54, 1.807) is 20.2 Å². The molecule has 0 aliphatic heterocycles. The van der Waals surface area contributed by atoms with Crippen molar-refractivity contribution in [1.82, 2.24) is 10.2 Å². The van der Waals surface area contributed by atoms with Crippen LogP contribution in [-0.2, 0) is 27.3 Å². The van der Waals surface area contributed by atoms with Crippen molar-refractivity contribution in [2.75, 3.05) is 14.1 Å². The number of nitrogens with zero attached hydrogens (tertiary/aromatic N) is 1. The summed E-state index contributed by atoms with van der Waals surface area (Å²) in [6.45, 7) is 0.536. The van der Waals surface area contributed by atoms with Crippen molar-refractivity contribution in [3.05, 3.63) is 45.7 Å². The van der Waals surface area contributed by atoms with Crippen LogP contribution in [0.3, 0.4) is 0 Å². The summed E-state index contributed by atoms with van der Waals surface area (Å²) in [7, 11) is 3.16. The maximum Gasteiger partial charge on any atom is 0.255 e. The van der Waals surface area contributed by atoms with Crippen molar-refractivity contribution in [2.24, 2.45) is 17.6 Å². The van der Waals surface area contributed by atoms with Crippen molar-refractivity contribution in [2.45, 2.75) is 62.8 Å². The molecule has 0 saturated heterocycles. The molecule has 1 aromatic rings. The van der Waals surface area contributed by atoms with E-state index in [9.17, 15) is 34.8 Å². The first-order chi connectivity index (χ1) is 17.5. The Balaban J connectivity index is 1.62. The predicted molar refractivity (Wildman–Crippen MR) is 133 cm³/mol. The first-order valence-corrected chi connectivity index (χ1v) is 12.7. The molecule has 0 spiro atoms. The van der Waals surface area contributed by atoms with Gasteiger partial charge in [0.1, 0.15) is 22.8 Å². The zero-order chi connectivity index (χ0) is 26.8. The van der Waals surface area contributed by atoms with Gasteiger partial charge in [-0.2, -0.15) is 0 Å². The van der Waals surface area contributed by atoms with Crippen molar-refractivity contribution in [3.63, 3.8) is 0 Å². The van der Waals surface area contributed by atoms with Gasteiger partial charge in [0.2, 0.25) is 5.78 Å². The Morgan fingerprint density at radius 3 is 2.46 bits per heavy atom. The molecule has 5 rings (SSSR count). The number of aromatic hydroxyl groups is 1. The second-order valence-corrected chi connectivity index (χ2v) is 10.9. The molecule has 0 aromatic heterocycles. The number of carbonyl (C=O) groups excluding carboxylic acids is 3. The number of Topliss-reactive ketones (excluding diaryl/α,β-unsaturated/α-hetero) is 2. The van der Waals surface area contributed by atoms with Crippen LogP contribution >= 0.6 is 0 Å². The fraction of sp³-hybridized carbons (Fsp3) is 0.519. The summed E-state index contributed by atoms with van der Waals surface area (Å²) in [5.74, 6) is -6.41. The Bertz CT molecular complexity index is 1260. The highest BCUT2D eigenvalue weighted by atomic mass is 16.3. The average molecular weight is 512 g/mol. The Kier molecular flexibility index (Phi) is 6.17. The summed E-state index contributed by atoms with van der Waals surface area (Å²) in [5, 5.41) is 48.1. The van der Waals surface area contributed by atoms with Gasteiger partial charge in [-0.25, -0.2) is 0 Å². The summed E-state index contributed by atoms with van der Waals surface area (Å²) < 4.78 is 0. The van der Waals surface area contributed by atoms with Crippen molar-refractivity contribution in [1.29, 1.82) is 0 Å². The first-order valence-electron chi connectivity index (χ1n) is 12.7. The van der Waals surface area contributed by atoms with Gasteiger partial charge < -0.3 is 31.5 Å². The number of fused-ring (bicyclic) bond motifs is 3. The third-order valence-electron chi connectivity index (χ3n) is 8.64. The van der Waals surface area contributed by atoms with E-state index < -0.39 is 58.0 Å². The number of phenolic OH excluding ortho intramolecular Hbond substituents is 1. The SMILES string of the molecule is CN(C)[C@@H]1C(=O)C(C(N)=O)=C(O)[C@@]2(O)C(=O)C3=C(O)c4c(O)ccc(CNC5CCCC5)c4C[C@H]3C[C@@H]12. The zero-order valence-electron chi connectivity index (χ0n) is 21.0. The topological polar surface area (TPSA) is 173 Å². The molecule has 0 radical (unpaired) electrons. The van der Waals surface area contributed by atoms with Gasteiger partial charge in [-0.05, 0) is 62.9 Å². The number of hydrogen-bond donors (Lipinski definition) is 6. The van der Waals surface area contributed by atoms with Gasteiger partial charge in [-0.1, -0.05) is 18.9 Å². The lowest BCUT2D eigenvalue weighted by Crippen LogP contribution is -2.65. The molecular formula is C27H33N3O7. The van der Waals surface area contributed by atoms with Gasteiger partial charge >= 0.3 is 0 Å². The lowest BCUT2D eigenvalue weighted by molar-refractivity contribution is -0.153. The smallest absolute Gasteiger partial charge is 0.255 e. The summed E-state index contributed by atoms with van der Waals surface area (Å²) in [5.41, 5.74) is 3.50. The van der Waals surface area contributed by atoms with E-state index in [4.69, 9.17) is 5.73 Å². The van der Waals surface area contributed by atoms with Crippen LogP contribution in [0.2, 0.25) is 0 Å². The third-order valence-corrected chi connectivity index (χ3v) is 8.64. The zero-order valence-corrected chi connectivity index (χ0v) is 21.0. The highest BCUT2D eigenvalue weighted by Gasteiger charge is 2.64. The van der Waals surface area contributed by atoms with Crippen molar-refractivity contribution < 1.29 is 34.8 Å².